The number of carbonyl (C=O) groups excluding carboxylic acids is 1. The third-order valence-corrected chi connectivity index (χ3v) is 3.73. The van der Waals surface area contributed by atoms with Gasteiger partial charge in [0.1, 0.15) is 0 Å². The molecule has 1 aliphatic heterocycles. The summed E-state index contributed by atoms with van der Waals surface area (Å²) in [6.07, 6.45) is 0. The summed E-state index contributed by atoms with van der Waals surface area (Å²) < 4.78 is 0. The number of amides is 1. The van der Waals surface area contributed by atoms with Gasteiger partial charge in [-0.25, -0.2) is 0 Å². The van der Waals surface area contributed by atoms with Gasteiger partial charge in [-0.05, 0) is 30.7 Å². The normalized spacial score (nSPS) is 24.5. The molecule has 1 amide bonds. The molecule has 0 aromatic heterocycles. The van der Waals surface area contributed by atoms with Crippen molar-refractivity contribution in [1.82, 2.24) is 0 Å². The number of carbonyl (C=O) groups is 1. The molecular formula is C11H11Cl2NO. The van der Waals surface area contributed by atoms with Gasteiger partial charge >= 0.3 is 0 Å². The first-order valence-corrected chi connectivity index (χ1v) is 5.56. The SMILES string of the molecule is CN1C(=O)C(C)(CCl)c2cc(Cl)ccc21. The van der Waals surface area contributed by atoms with Crippen LogP contribution in [0.4, 0.5) is 5.69 Å². The molecule has 2 nitrogen and oxygen atoms in total. The van der Waals surface area contributed by atoms with Crippen molar-refractivity contribution in [3.8, 4) is 0 Å². The summed E-state index contributed by atoms with van der Waals surface area (Å²) in [7, 11) is 1.76. The lowest BCUT2D eigenvalue weighted by Gasteiger charge is -2.19. The summed E-state index contributed by atoms with van der Waals surface area (Å²) in [6, 6.07) is 5.46. The molecule has 0 radical (unpaired) electrons. The van der Waals surface area contributed by atoms with Gasteiger partial charge in [0.15, 0.2) is 0 Å². The van der Waals surface area contributed by atoms with Crippen LogP contribution >= 0.6 is 23.2 Å². The van der Waals surface area contributed by atoms with E-state index in [0.29, 0.717) is 5.02 Å². The van der Waals surface area contributed by atoms with Gasteiger partial charge in [0.25, 0.3) is 0 Å². The Morgan fingerprint density at radius 1 is 1.47 bits per heavy atom. The minimum atomic E-state index is -0.642. The predicted molar refractivity (Wildman–Crippen MR) is 62.9 cm³/mol. The first kappa shape index (κ1) is 10.8. The van der Waals surface area contributed by atoms with E-state index in [9.17, 15) is 4.79 Å². The molecule has 0 N–H and O–H groups in total. The van der Waals surface area contributed by atoms with Crippen molar-refractivity contribution >= 4 is 34.8 Å². The first-order valence-electron chi connectivity index (χ1n) is 4.65. The Labute approximate surface area is 98.8 Å². The third kappa shape index (κ3) is 1.35. The fourth-order valence-corrected chi connectivity index (χ4v) is 2.40. The summed E-state index contributed by atoms with van der Waals surface area (Å²) in [6.45, 7) is 1.85. The lowest BCUT2D eigenvalue weighted by Crippen LogP contribution is -2.37. The van der Waals surface area contributed by atoms with Crippen molar-refractivity contribution < 1.29 is 4.79 Å². The molecule has 1 aromatic carbocycles. The van der Waals surface area contributed by atoms with Crippen LogP contribution in [0.25, 0.3) is 0 Å². The molecule has 1 unspecified atom stereocenters. The van der Waals surface area contributed by atoms with Crippen molar-refractivity contribution in [2.75, 3.05) is 17.8 Å². The van der Waals surface area contributed by atoms with Gasteiger partial charge in [-0.15, -0.1) is 11.6 Å². The summed E-state index contributed by atoms with van der Waals surface area (Å²) in [5.41, 5.74) is 1.17. The Hall–Kier alpha value is -0.730. The van der Waals surface area contributed by atoms with E-state index in [-0.39, 0.29) is 11.8 Å². The number of anilines is 1. The summed E-state index contributed by atoms with van der Waals surface area (Å²) in [4.78, 5) is 13.7. The van der Waals surface area contributed by atoms with Crippen molar-refractivity contribution in [2.45, 2.75) is 12.3 Å². The molecule has 2 rings (SSSR count). The average Bonchev–Trinajstić information content (AvgIpc) is 2.42. The van der Waals surface area contributed by atoms with E-state index in [1.165, 1.54) is 0 Å². The first-order chi connectivity index (χ1) is 7.00. The maximum absolute atomic E-state index is 12.0. The van der Waals surface area contributed by atoms with Gasteiger partial charge in [0, 0.05) is 23.6 Å². The van der Waals surface area contributed by atoms with E-state index in [2.05, 4.69) is 0 Å². The van der Waals surface area contributed by atoms with Gasteiger partial charge in [-0.1, -0.05) is 11.6 Å². The minimum absolute atomic E-state index is 0.0229. The Morgan fingerprint density at radius 3 is 2.73 bits per heavy atom. The second-order valence-corrected chi connectivity index (χ2v) is 4.70. The predicted octanol–water partition coefficient (Wildman–Crippen LogP) is 2.81. The van der Waals surface area contributed by atoms with Gasteiger partial charge in [-0.2, -0.15) is 0 Å². The van der Waals surface area contributed by atoms with Gasteiger partial charge < -0.3 is 4.90 Å². The zero-order valence-corrected chi connectivity index (χ0v) is 10.1. The largest absolute Gasteiger partial charge is 0.314 e. The molecular weight excluding hydrogens is 233 g/mol. The third-order valence-electron chi connectivity index (χ3n) is 2.96. The minimum Gasteiger partial charge on any atom is -0.314 e. The van der Waals surface area contributed by atoms with E-state index in [1.54, 1.807) is 18.0 Å². The molecule has 1 heterocycles. The van der Waals surface area contributed by atoms with Crippen LogP contribution < -0.4 is 4.90 Å². The average molecular weight is 244 g/mol. The highest BCUT2D eigenvalue weighted by atomic mass is 35.5. The van der Waals surface area contributed by atoms with Crippen LogP contribution in [0.1, 0.15) is 12.5 Å². The topological polar surface area (TPSA) is 20.3 Å². The molecule has 1 atom stereocenters. The zero-order valence-electron chi connectivity index (χ0n) is 8.55. The van der Waals surface area contributed by atoms with Crippen LogP contribution in [0.2, 0.25) is 5.02 Å². The molecule has 4 heteroatoms. The van der Waals surface area contributed by atoms with Crippen LogP contribution in [-0.2, 0) is 10.2 Å². The highest BCUT2D eigenvalue weighted by Crippen LogP contribution is 2.42. The number of fused-ring (bicyclic) bond motifs is 1. The standard InChI is InChI=1S/C11H11Cl2NO/c1-11(6-12)8-5-7(13)3-4-9(8)14(2)10(11)15/h3-5H,6H2,1-2H3. The lowest BCUT2D eigenvalue weighted by atomic mass is 9.86. The van der Waals surface area contributed by atoms with Crippen LogP contribution in [-0.4, -0.2) is 18.8 Å². The van der Waals surface area contributed by atoms with Gasteiger partial charge in [0.05, 0.1) is 5.41 Å². The molecule has 1 aromatic rings. The van der Waals surface area contributed by atoms with Crippen LogP contribution in [0.3, 0.4) is 0 Å². The molecule has 1 aliphatic rings. The number of hydrogen-bond donors (Lipinski definition) is 0. The van der Waals surface area contributed by atoms with E-state index >= 15 is 0 Å². The molecule has 15 heavy (non-hydrogen) atoms. The summed E-state index contributed by atoms with van der Waals surface area (Å²) in [5.74, 6) is 0.290. The summed E-state index contributed by atoms with van der Waals surface area (Å²) >= 11 is 11.8. The van der Waals surface area contributed by atoms with Gasteiger partial charge in [-0.3, -0.25) is 4.79 Å². The fourth-order valence-electron chi connectivity index (χ4n) is 1.97. The second kappa shape index (κ2) is 3.39. The zero-order chi connectivity index (χ0) is 11.2. The van der Waals surface area contributed by atoms with E-state index < -0.39 is 5.41 Å². The molecule has 0 saturated heterocycles. The highest BCUT2D eigenvalue weighted by Gasteiger charge is 2.45. The number of benzene rings is 1. The number of alkyl halides is 1. The maximum Gasteiger partial charge on any atom is 0.238 e. The Bertz CT molecular complexity index is 433. The Morgan fingerprint density at radius 2 is 2.13 bits per heavy atom. The Balaban J connectivity index is 2.67. The molecule has 0 saturated carbocycles. The van der Waals surface area contributed by atoms with E-state index in [0.717, 1.165) is 11.3 Å². The number of rotatable bonds is 1. The number of likely N-dealkylation sites (N-methyl/N-ethyl adjacent to an activating group) is 1. The maximum atomic E-state index is 12.0. The monoisotopic (exact) mass is 243 g/mol. The fraction of sp³-hybridized carbons (Fsp3) is 0.364. The van der Waals surface area contributed by atoms with Gasteiger partial charge in [0.2, 0.25) is 5.91 Å². The molecule has 0 fully saturated rings. The quantitative estimate of drug-likeness (QED) is 0.695. The van der Waals surface area contributed by atoms with Crippen molar-refractivity contribution in [3.63, 3.8) is 0 Å². The van der Waals surface area contributed by atoms with E-state index in [4.69, 9.17) is 23.2 Å². The van der Waals surface area contributed by atoms with Crippen LogP contribution in [0, 0.1) is 0 Å². The highest BCUT2D eigenvalue weighted by molar-refractivity contribution is 6.31. The number of nitrogens with zero attached hydrogens (tertiary/aromatic N) is 1. The molecule has 80 valence electrons. The number of hydrogen-bond acceptors (Lipinski definition) is 1. The van der Waals surface area contributed by atoms with Crippen molar-refractivity contribution in [3.05, 3.63) is 28.8 Å². The molecule has 0 spiro atoms. The van der Waals surface area contributed by atoms with Crippen molar-refractivity contribution in [1.29, 1.82) is 0 Å². The molecule has 0 aliphatic carbocycles. The van der Waals surface area contributed by atoms with Crippen molar-refractivity contribution in [2.24, 2.45) is 0 Å². The van der Waals surface area contributed by atoms with Crippen LogP contribution in [0.15, 0.2) is 18.2 Å². The molecule has 0 bridgehead atoms. The second-order valence-electron chi connectivity index (χ2n) is 3.99. The smallest absolute Gasteiger partial charge is 0.238 e. The van der Waals surface area contributed by atoms with Crippen LogP contribution in [0.5, 0.6) is 0 Å². The number of halogens is 2. The Kier molecular flexibility index (Phi) is 2.44. The summed E-state index contributed by atoms with van der Waals surface area (Å²) in [5, 5.41) is 0.633. The van der Waals surface area contributed by atoms with E-state index in [1.807, 2.05) is 19.1 Å². The lowest BCUT2D eigenvalue weighted by molar-refractivity contribution is -0.121.